The molecule has 1 aliphatic heterocycles. The third-order valence-electron chi connectivity index (χ3n) is 4.77. The van der Waals surface area contributed by atoms with Crippen molar-refractivity contribution in [3.05, 3.63) is 23.8 Å². The number of benzene rings is 1. The van der Waals surface area contributed by atoms with Crippen LogP contribution in [0.2, 0.25) is 0 Å². The van der Waals surface area contributed by atoms with E-state index < -0.39 is 0 Å². The number of methoxy groups -OCH3 is 1. The highest BCUT2D eigenvalue weighted by Crippen LogP contribution is 2.28. The number of urea groups is 1. The molecular weight excluding hydrogens is 318 g/mol. The Labute approximate surface area is 151 Å². The van der Waals surface area contributed by atoms with Gasteiger partial charge in [0.05, 0.1) is 13.7 Å². The van der Waals surface area contributed by atoms with Crippen molar-refractivity contribution in [1.82, 2.24) is 15.1 Å². The van der Waals surface area contributed by atoms with Crippen LogP contribution in [0.3, 0.4) is 0 Å². The standard InChI is InChI=1S/C19H31N3O3/c1-5-25-17-7-6-15(14-18(17)24-4)8-11-20-19(23)22(3)16-9-12-21(2)13-10-16/h6-7,14,16H,5,8-13H2,1-4H3,(H,20,23). The van der Waals surface area contributed by atoms with E-state index in [9.17, 15) is 4.79 Å². The fourth-order valence-corrected chi connectivity index (χ4v) is 3.13. The van der Waals surface area contributed by atoms with Crippen molar-refractivity contribution in [3.63, 3.8) is 0 Å². The number of nitrogens with zero attached hydrogens (tertiary/aromatic N) is 2. The molecule has 25 heavy (non-hydrogen) atoms. The van der Waals surface area contributed by atoms with Gasteiger partial charge in [-0.1, -0.05) is 6.07 Å². The van der Waals surface area contributed by atoms with E-state index in [1.54, 1.807) is 7.11 Å². The third kappa shape index (κ3) is 5.53. The topological polar surface area (TPSA) is 54.0 Å². The van der Waals surface area contributed by atoms with Crippen molar-refractivity contribution < 1.29 is 14.3 Å². The zero-order valence-electron chi connectivity index (χ0n) is 15.9. The van der Waals surface area contributed by atoms with Gasteiger partial charge in [-0.25, -0.2) is 4.79 Å². The quantitative estimate of drug-likeness (QED) is 0.821. The Hall–Kier alpha value is -1.95. The van der Waals surface area contributed by atoms with Crippen LogP contribution in [0.15, 0.2) is 18.2 Å². The van der Waals surface area contributed by atoms with Gasteiger partial charge in [0, 0.05) is 19.6 Å². The first kappa shape index (κ1) is 19.4. The van der Waals surface area contributed by atoms with E-state index in [0.29, 0.717) is 19.2 Å². The zero-order valence-corrected chi connectivity index (χ0v) is 15.9. The summed E-state index contributed by atoms with van der Waals surface area (Å²) in [7, 11) is 5.66. The van der Waals surface area contributed by atoms with Crippen LogP contribution in [0.25, 0.3) is 0 Å². The Balaban J connectivity index is 1.80. The number of piperidine rings is 1. The molecule has 2 rings (SSSR count). The Morgan fingerprint density at radius 3 is 2.68 bits per heavy atom. The van der Waals surface area contributed by atoms with Crippen molar-refractivity contribution in [3.8, 4) is 11.5 Å². The van der Waals surface area contributed by atoms with Crippen LogP contribution < -0.4 is 14.8 Å². The summed E-state index contributed by atoms with van der Waals surface area (Å²) < 4.78 is 10.9. The summed E-state index contributed by atoms with van der Waals surface area (Å²) in [5, 5.41) is 3.02. The molecule has 0 aromatic heterocycles. The van der Waals surface area contributed by atoms with E-state index in [-0.39, 0.29) is 6.03 Å². The molecule has 140 valence electrons. The summed E-state index contributed by atoms with van der Waals surface area (Å²) in [4.78, 5) is 16.5. The van der Waals surface area contributed by atoms with Gasteiger partial charge in [0.1, 0.15) is 0 Å². The van der Waals surface area contributed by atoms with Crippen LogP contribution in [-0.2, 0) is 6.42 Å². The number of nitrogens with one attached hydrogen (secondary N) is 1. The molecule has 1 fully saturated rings. The Kier molecular flexibility index (Phi) is 7.37. The molecule has 1 heterocycles. The average Bonchev–Trinajstić information content (AvgIpc) is 2.63. The number of carbonyl (C=O) groups is 1. The van der Waals surface area contributed by atoms with E-state index in [4.69, 9.17) is 9.47 Å². The lowest BCUT2D eigenvalue weighted by molar-refractivity contribution is 0.148. The van der Waals surface area contributed by atoms with E-state index >= 15 is 0 Å². The van der Waals surface area contributed by atoms with Crippen LogP contribution in [0.1, 0.15) is 25.3 Å². The Morgan fingerprint density at radius 1 is 1.32 bits per heavy atom. The monoisotopic (exact) mass is 349 g/mol. The normalized spacial score (nSPS) is 15.7. The molecule has 1 N–H and O–H groups in total. The van der Waals surface area contributed by atoms with Crippen LogP contribution in [-0.4, -0.2) is 69.3 Å². The van der Waals surface area contributed by atoms with Crippen LogP contribution in [0.4, 0.5) is 4.79 Å². The summed E-state index contributed by atoms with van der Waals surface area (Å²) in [6.07, 6.45) is 2.84. The molecule has 1 aliphatic rings. The molecule has 1 saturated heterocycles. The summed E-state index contributed by atoms with van der Waals surface area (Å²) in [6.45, 7) is 5.26. The molecule has 6 nitrogen and oxygen atoms in total. The second kappa shape index (κ2) is 9.51. The highest BCUT2D eigenvalue weighted by atomic mass is 16.5. The van der Waals surface area contributed by atoms with E-state index in [1.165, 1.54) is 0 Å². The fraction of sp³-hybridized carbons (Fsp3) is 0.632. The average molecular weight is 349 g/mol. The summed E-state index contributed by atoms with van der Waals surface area (Å²) in [5.74, 6) is 1.48. The fourth-order valence-electron chi connectivity index (χ4n) is 3.13. The maximum Gasteiger partial charge on any atom is 0.317 e. The smallest absolute Gasteiger partial charge is 0.317 e. The third-order valence-corrected chi connectivity index (χ3v) is 4.77. The van der Waals surface area contributed by atoms with Gasteiger partial charge < -0.3 is 24.6 Å². The predicted octanol–water partition coefficient (Wildman–Crippen LogP) is 2.37. The largest absolute Gasteiger partial charge is 0.493 e. The van der Waals surface area contributed by atoms with Gasteiger partial charge in [-0.3, -0.25) is 0 Å². The van der Waals surface area contributed by atoms with Crippen molar-refractivity contribution >= 4 is 6.03 Å². The molecule has 1 aromatic carbocycles. The van der Waals surface area contributed by atoms with Gasteiger partial charge in [0.25, 0.3) is 0 Å². The maximum absolute atomic E-state index is 12.3. The van der Waals surface area contributed by atoms with Crippen molar-refractivity contribution in [2.45, 2.75) is 32.2 Å². The summed E-state index contributed by atoms with van der Waals surface area (Å²) in [6, 6.07) is 6.25. The summed E-state index contributed by atoms with van der Waals surface area (Å²) >= 11 is 0. The number of carbonyl (C=O) groups excluding carboxylic acids is 1. The van der Waals surface area contributed by atoms with Gasteiger partial charge in [-0.05, 0) is 64.0 Å². The van der Waals surface area contributed by atoms with Crippen LogP contribution in [0, 0.1) is 0 Å². The molecule has 6 heteroatoms. The van der Waals surface area contributed by atoms with Gasteiger partial charge >= 0.3 is 6.03 Å². The number of amides is 2. The number of hydrogen-bond donors (Lipinski definition) is 1. The first-order valence-corrected chi connectivity index (χ1v) is 9.04. The number of likely N-dealkylation sites (tertiary alicyclic amines) is 1. The van der Waals surface area contributed by atoms with Crippen LogP contribution >= 0.6 is 0 Å². The molecule has 0 atom stereocenters. The molecule has 0 saturated carbocycles. The molecule has 0 aliphatic carbocycles. The van der Waals surface area contributed by atoms with Gasteiger partial charge in [0.15, 0.2) is 11.5 Å². The SMILES string of the molecule is CCOc1ccc(CCNC(=O)N(C)C2CCN(C)CC2)cc1OC. The highest BCUT2D eigenvalue weighted by molar-refractivity contribution is 5.74. The van der Waals surface area contributed by atoms with Crippen molar-refractivity contribution in [2.24, 2.45) is 0 Å². The molecule has 0 bridgehead atoms. The lowest BCUT2D eigenvalue weighted by Crippen LogP contribution is -2.48. The lowest BCUT2D eigenvalue weighted by Gasteiger charge is -2.35. The predicted molar refractivity (Wildman–Crippen MR) is 99.5 cm³/mol. The maximum atomic E-state index is 12.3. The minimum Gasteiger partial charge on any atom is -0.493 e. The number of rotatable bonds is 7. The van der Waals surface area contributed by atoms with Gasteiger partial charge in [-0.2, -0.15) is 0 Å². The Morgan fingerprint density at radius 2 is 2.04 bits per heavy atom. The van der Waals surface area contributed by atoms with Gasteiger partial charge in [-0.15, -0.1) is 0 Å². The minimum absolute atomic E-state index is 0.00690. The number of hydrogen-bond acceptors (Lipinski definition) is 4. The minimum atomic E-state index is 0.00690. The van der Waals surface area contributed by atoms with Crippen LogP contribution in [0.5, 0.6) is 11.5 Å². The molecule has 1 aromatic rings. The molecule has 0 unspecified atom stereocenters. The zero-order chi connectivity index (χ0) is 18.2. The van der Waals surface area contributed by atoms with Crippen molar-refractivity contribution in [1.29, 1.82) is 0 Å². The summed E-state index contributed by atoms with van der Waals surface area (Å²) in [5.41, 5.74) is 1.11. The van der Waals surface area contributed by atoms with E-state index in [1.807, 2.05) is 37.1 Å². The first-order chi connectivity index (χ1) is 12.0. The lowest BCUT2D eigenvalue weighted by atomic mass is 10.0. The highest BCUT2D eigenvalue weighted by Gasteiger charge is 2.23. The van der Waals surface area contributed by atoms with E-state index in [2.05, 4.69) is 17.3 Å². The van der Waals surface area contributed by atoms with Crippen molar-refractivity contribution in [2.75, 3.05) is 47.4 Å². The van der Waals surface area contributed by atoms with E-state index in [0.717, 1.165) is 49.4 Å². The van der Waals surface area contributed by atoms with Gasteiger partial charge in [0.2, 0.25) is 0 Å². The second-order valence-corrected chi connectivity index (χ2v) is 6.55. The molecule has 0 spiro atoms. The molecular formula is C19H31N3O3. The number of ether oxygens (including phenoxy) is 2. The molecule has 2 amide bonds. The Bertz CT molecular complexity index is 557. The first-order valence-electron chi connectivity index (χ1n) is 9.04. The molecule has 0 radical (unpaired) electrons. The second-order valence-electron chi connectivity index (χ2n) is 6.55.